The average molecular weight is 659 g/mol. The van der Waals surface area contributed by atoms with Gasteiger partial charge in [-0.1, -0.05) is 84.5 Å². The van der Waals surface area contributed by atoms with Crippen LogP contribution >= 0.6 is 46.4 Å². The van der Waals surface area contributed by atoms with Crippen LogP contribution in [0.4, 0.5) is 5.69 Å². The fourth-order valence-corrected chi connectivity index (χ4v) is 6.53. The molecule has 2 amide bonds. The van der Waals surface area contributed by atoms with Crippen molar-refractivity contribution in [3.05, 3.63) is 92.4 Å². The number of halogens is 4. The molecule has 41 heavy (non-hydrogen) atoms. The number of hydrogen-bond donors (Lipinski definition) is 1. The molecule has 2 unspecified atom stereocenters. The summed E-state index contributed by atoms with van der Waals surface area (Å²) >= 11 is 25.0. The van der Waals surface area contributed by atoms with Crippen LogP contribution in [0.5, 0.6) is 0 Å². The van der Waals surface area contributed by atoms with Crippen LogP contribution in [0, 0.1) is 0 Å². The van der Waals surface area contributed by atoms with Crippen LogP contribution in [0.15, 0.2) is 71.6 Å². The summed E-state index contributed by atoms with van der Waals surface area (Å²) in [7, 11) is -4.25. The molecule has 0 spiro atoms. The molecule has 0 heterocycles. The molecule has 0 bridgehead atoms. The molecule has 0 aliphatic rings. The van der Waals surface area contributed by atoms with Gasteiger partial charge >= 0.3 is 0 Å². The molecular weight excluding hydrogens is 628 g/mol. The Balaban J connectivity index is 2.10. The van der Waals surface area contributed by atoms with Crippen LogP contribution in [0.1, 0.15) is 39.2 Å². The van der Waals surface area contributed by atoms with Crippen LogP contribution in [-0.2, 0) is 26.2 Å². The Morgan fingerprint density at radius 2 is 1.49 bits per heavy atom. The van der Waals surface area contributed by atoms with Crippen molar-refractivity contribution in [1.29, 1.82) is 0 Å². The number of amides is 2. The highest BCUT2D eigenvalue weighted by Crippen LogP contribution is 2.31. The standard InChI is InChI=1S/C29H31Cl4N3O4S/c1-4-19(3)34-29(38)27(5-2)35(17-20-11-12-21(30)16-26(20)33)28(37)18-36(24-14-22(31)13-23(32)15-24)41(39,40)25-9-7-6-8-10-25/h6-16,19,27H,4-5,17-18H2,1-3H3,(H,34,38). The lowest BCUT2D eigenvalue weighted by Gasteiger charge is -2.34. The molecule has 0 aliphatic carbocycles. The summed E-state index contributed by atoms with van der Waals surface area (Å²) < 4.78 is 28.7. The molecule has 7 nitrogen and oxygen atoms in total. The van der Waals surface area contributed by atoms with Crippen molar-refractivity contribution in [2.45, 2.75) is 57.1 Å². The molecule has 3 aromatic carbocycles. The third-order valence-electron chi connectivity index (χ3n) is 6.49. The second kappa shape index (κ2) is 14.6. The normalized spacial score (nSPS) is 12.9. The van der Waals surface area contributed by atoms with Crippen LogP contribution in [-0.4, -0.2) is 43.8 Å². The van der Waals surface area contributed by atoms with Gasteiger partial charge in [-0.3, -0.25) is 13.9 Å². The summed E-state index contributed by atoms with van der Waals surface area (Å²) in [5, 5.41) is 4.03. The highest BCUT2D eigenvalue weighted by Gasteiger charge is 2.34. The molecular formula is C29H31Cl4N3O4S. The van der Waals surface area contributed by atoms with Crippen LogP contribution in [0.25, 0.3) is 0 Å². The first-order valence-corrected chi connectivity index (χ1v) is 15.9. The molecule has 0 radical (unpaired) electrons. The Hall–Kier alpha value is -2.49. The van der Waals surface area contributed by atoms with Gasteiger partial charge in [0.05, 0.1) is 10.6 Å². The number of sulfonamides is 1. The number of hydrogen-bond acceptors (Lipinski definition) is 4. The topological polar surface area (TPSA) is 86.8 Å². The summed E-state index contributed by atoms with van der Waals surface area (Å²) in [5.41, 5.74) is 0.642. The predicted molar refractivity (Wildman–Crippen MR) is 166 cm³/mol. The highest BCUT2D eigenvalue weighted by atomic mass is 35.5. The summed E-state index contributed by atoms with van der Waals surface area (Å²) in [4.78, 5) is 28.8. The van der Waals surface area contributed by atoms with Gasteiger partial charge in [-0.15, -0.1) is 0 Å². The molecule has 2 atom stereocenters. The molecule has 3 rings (SSSR count). The first-order valence-electron chi connectivity index (χ1n) is 12.9. The van der Waals surface area contributed by atoms with Crippen LogP contribution < -0.4 is 9.62 Å². The fourth-order valence-electron chi connectivity index (χ4n) is 4.13. The molecule has 3 aromatic rings. The maximum absolute atomic E-state index is 14.1. The number of nitrogens with zero attached hydrogens (tertiary/aromatic N) is 2. The maximum Gasteiger partial charge on any atom is 0.264 e. The van der Waals surface area contributed by atoms with Crippen molar-refractivity contribution in [1.82, 2.24) is 10.2 Å². The number of rotatable bonds is 12. The summed E-state index contributed by atoms with van der Waals surface area (Å²) in [6, 6.07) is 15.8. The second-order valence-corrected chi connectivity index (χ2v) is 13.0. The van der Waals surface area contributed by atoms with E-state index in [2.05, 4.69) is 5.32 Å². The zero-order valence-electron chi connectivity index (χ0n) is 22.8. The zero-order valence-corrected chi connectivity index (χ0v) is 26.6. The average Bonchev–Trinajstić information content (AvgIpc) is 2.92. The quantitative estimate of drug-likeness (QED) is 0.223. The van der Waals surface area contributed by atoms with Crippen molar-refractivity contribution in [2.75, 3.05) is 10.8 Å². The van der Waals surface area contributed by atoms with Gasteiger partial charge in [-0.05, 0) is 67.8 Å². The minimum Gasteiger partial charge on any atom is -0.352 e. The Labute approximate surface area is 261 Å². The minimum atomic E-state index is -4.25. The molecule has 12 heteroatoms. The largest absolute Gasteiger partial charge is 0.352 e. The number of carbonyl (C=O) groups excluding carboxylic acids is 2. The number of benzene rings is 3. The van der Waals surface area contributed by atoms with Gasteiger partial charge < -0.3 is 10.2 Å². The maximum atomic E-state index is 14.1. The fraction of sp³-hybridized carbons (Fsp3) is 0.310. The van der Waals surface area contributed by atoms with E-state index in [1.807, 2.05) is 13.8 Å². The van der Waals surface area contributed by atoms with E-state index in [0.717, 1.165) is 4.31 Å². The first kappa shape index (κ1) is 33.0. The van der Waals surface area contributed by atoms with E-state index in [1.165, 1.54) is 35.2 Å². The van der Waals surface area contributed by atoms with E-state index < -0.39 is 28.5 Å². The van der Waals surface area contributed by atoms with E-state index in [0.29, 0.717) is 22.0 Å². The second-order valence-electron chi connectivity index (χ2n) is 9.45. The van der Waals surface area contributed by atoms with Gasteiger partial charge in [0.25, 0.3) is 10.0 Å². The zero-order chi connectivity index (χ0) is 30.3. The minimum absolute atomic E-state index is 0.0299. The molecule has 1 N–H and O–H groups in total. The summed E-state index contributed by atoms with van der Waals surface area (Å²) in [6.45, 7) is 4.89. The Morgan fingerprint density at radius 3 is 2.05 bits per heavy atom. The number of anilines is 1. The monoisotopic (exact) mass is 657 g/mol. The Bertz CT molecular complexity index is 1470. The highest BCUT2D eigenvalue weighted by molar-refractivity contribution is 7.92. The van der Waals surface area contributed by atoms with Gasteiger partial charge in [0.2, 0.25) is 11.8 Å². The lowest BCUT2D eigenvalue weighted by atomic mass is 10.1. The molecule has 0 saturated heterocycles. The van der Waals surface area contributed by atoms with E-state index >= 15 is 0 Å². The molecule has 220 valence electrons. The van der Waals surface area contributed by atoms with Gasteiger partial charge in [0.15, 0.2) is 0 Å². The van der Waals surface area contributed by atoms with Crippen molar-refractivity contribution in [3.63, 3.8) is 0 Å². The van der Waals surface area contributed by atoms with E-state index in [4.69, 9.17) is 46.4 Å². The lowest BCUT2D eigenvalue weighted by molar-refractivity contribution is -0.140. The first-order chi connectivity index (χ1) is 19.4. The van der Waals surface area contributed by atoms with Gasteiger partial charge in [-0.2, -0.15) is 0 Å². The molecule has 0 aliphatic heterocycles. The predicted octanol–water partition coefficient (Wildman–Crippen LogP) is 7.22. The van der Waals surface area contributed by atoms with E-state index in [-0.39, 0.29) is 45.5 Å². The Kier molecular flexibility index (Phi) is 11.8. The molecule has 0 aromatic heterocycles. The van der Waals surface area contributed by atoms with Gasteiger partial charge in [0, 0.05) is 32.7 Å². The SMILES string of the molecule is CCC(C)NC(=O)C(CC)N(Cc1ccc(Cl)cc1Cl)C(=O)CN(c1cc(Cl)cc(Cl)c1)S(=O)(=O)c1ccccc1. The van der Waals surface area contributed by atoms with Crippen LogP contribution in [0.2, 0.25) is 20.1 Å². The van der Waals surface area contributed by atoms with Gasteiger partial charge in [0.1, 0.15) is 12.6 Å². The molecule has 0 fully saturated rings. The van der Waals surface area contributed by atoms with E-state index in [1.54, 1.807) is 43.3 Å². The van der Waals surface area contributed by atoms with Crippen molar-refractivity contribution >= 4 is 73.9 Å². The molecule has 0 saturated carbocycles. The number of nitrogens with one attached hydrogen (secondary N) is 1. The summed E-state index contributed by atoms with van der Waals surface area (Å²) in [5.74, 6) is -0.985. The third kappa shape index (κ3) is 8.52. The smallest absolute Gasteiger partial charge is 0.264 e. The van der Waals surface area contributed by atoms with Crippen molar-refractivity contribution in [3.8, 4) is 0 Å². The summed E-state index contributed by atoms with van der Waals surface area (Å²) in [6.07, 6.45) is 0.964. The van der Waals surface area contributed by atoms with E-state index in [9.17, 15) is 18.0 Å². The van der Waals surface area contributed by atoms with Gasteiger partial charge in [-0.25, -0.2) is 8.42 Å². The number of carbonyl (C=O) groups is 2. The van der Waals surface area contributed by atoms with Crippen molar-refractivity contribution in [2.24, 2.45) is 0 Å². The lowest BCUT2D eigenvalue weighted by Crippen LogP contribution is -2.53. The Morgan fingerprint density at radius 1 is 0.854 bits per heavy atom. The third-order valence-corrected chi connectivity index (χ3v) is 9.30. The van der Waals surface area contributed by atoms with Crippen molar-refractivity contribution < 1.29 is 18.0 Å². The van der Waals surface area contributed by atoms with Crippen LogP contribution in [0.3, 0.4) is 0 Å².